The third-order valence-corrected chi connectivity index (χ3v) is 5.24. The molecule has 1 aliphatic heterocycles. The van der Waals surface area contributed by atoms with Crippen molar-refractivity contribution >= 4 is 5.91 Å². The molecule has 0 unspecified atom stereocenters. The smallest absolute Gasteiger partial charge is 0.223 e. The van der Waals surface area contributed by atoms with Crippen LogP contribution in [-0.4, -0.2) is 52.9 Å². The SMILES string of the molecule is COc1cc(CN2CCc3nnc([C@H](C)NC(=O)C(C)C)n3CC2)cc(OC)c1. The molecule has 2 aromatic rings. The van der Waals surface area contributed by atoms with E-state index in [1.165, 1.54) is 0 Å². The molecule has 3 rings (SSSR count). The topological polar surface area (TPSA) is 81.5 Å². The first kappa shape index (κ1) is 21.1. The van der Waals surface area contributed by atoms with Gasteiger partial charge in [0.1, 0.15) is 17.3 Å². The molecule has 1 aliphatic rings. The fraction of sp³-hybridized carbons (Fsp3) is 0.571. The quantitative estimate of drug-likeness (QED) is 0.766. The Balaban J connectivity index is 1.68. The number of methoxy groups -OCH3 is 2. The molecule has 0 saturated carbocycles. The van der Waals surface area contributed by atoms with Crippen molar-refractivity contribution in [3.8, 4) is 11.5 Å². The van der Waals surface area contributed by atoms with Gasteiger partial charge in [0.25, 0.3) is 0 Å². The lowest BCUT2D eigenvalue weighted by Crippen LogP contribution is -2.32. The van der Waals surface area contributed by atoms with Crippen molar-refractivity contribution in [3.63, 3.8) is 0 Å². The van der Waals surface area contributed by atoms with Crippen molar-refractivity contribution in [1.82, 2.24) is 25.0 Å². The summed E-state index contributed by atoms with van der Waals surface area (Å²) in [5.74, 6) is 3.35. The number of nitrogens with zero attached hydrogens (tertiary/aromatic N) is 4. The first-order valence-corrected chi connectivity index (χ1v) is 10.1. The highest BCUT2D eigenvalue weighted by molar-refractivity contribution is 5.78. The summed E-state index contributed by atoms with van der Waals surface area (Å²) in [7, 11) is 3.33. The fourth-order valence-corrected chi connectivity index (χ4v) is 3.53. The number of fused-ring (bicyclic) bond motifs is 1. The van der Waals surface area contributed by atoms with E-state index in [1.54, 1.807) is 14.2 Å². The van der Waals surface area contributed by atoms with Crippen LogP contribution in [0, 0.1) is 5.92 Å². The first-order valence-electron chi connectivity index (χ1n) is 10.1. The Hall–Kier alpha value is -2.61. The molecule has 1 aromatic carbocycles. The molecule has 0 saturated heterocycles. The molecule has 8 nitrogen and oxygen atoms in total. The van der Waals surface area contributed by atoms with Crippen molar-refractivity contribution in [2.24, 2.45) is 5.92 Å². The third kappa shape index (κ3) is 5.06. The Morgan fingerprint density at radius 1 is 1.07 bits per heavy atom. The van der Waals surface area contributed by atoms with Crippen molar-refractivity contribution in [2.45, 2.75) is 46.3 Å². The zero-order chi connectivity index (χ0) is 21.0. The summed E-state index contributed by atoms with van der Waals surface area (Å²) in [6.45, 7) is 9.10. The number of carbonyl (C=O) groups excluding carboxylic acids is 1. The molecule has 158 valence electrons. The lowest BCUT2D eigenvalue weighted by atomic mass is 10.2. The monoisotopic (exact) mass is 401 g/mol. The van der Waals surface area contributed by atoms with E-state index in [9.17, 15) is 4.79 Å². The van der Waals surface area contributed by atoms with Crippen LogP contribution in [0.5, 0.6) is 11.5 Å². The lowest BCUT2D eigenvalue weighted by Gasteiger charge is -2.21. The highest BCUT2D eigenvalue weighted by Crippen LogP contribution is 2.24. The minimum atomic E-state index is -0.166. The molecule has 0 bridgehead atoms. The molecule has 2 heterocycles. The Kier molecular flexibility index (Phi) is 6.74. The van der Waals surface area contributed by atoms with Gasteiger partial charge in [0.05, 0.1) is 20.3 Å². The zero-order valence-electron chi connectivity index (χ0n) is 17.9. The summed E-state index contributed by atoms with van der Waals surface area (Å²) < 4.78 is 12.9. The number of ether oxygens (including phenoxy) is 2. The van der Waals surface area contributed by atoms with Crippen LogP contribution in [-0.2, 0) is 24.3 Å². The molecule has 1 N–H and O–H groups in total. The van der Waals surface area contributed by atoms with Crippen molar-refractivity contribution in [2.75, 3.05) is 27.3 Å². The van der Waals surface area contributed by atoms with E-state index in [2.05, 4.69) is 25.0 Å². The number of hydrogen-bond donors (Lipinski definition) is 1. The Morgan fingerprint density at radius 2 is 1.76 bits per heavy atom. The maximum Gasteiger partial charge on any atom is 0.223 e. The van der Waals surface area contributed by atoms with Gasteiger partial charge in [0.2, 0.25) is 5.91 Å². The highest BCUT2D eigenvalue weighted by Gasteiger charge is 2.23. The maximum absolute atomic E-state index is 12.0. The van der Waals surface area contributed by atoms with Crippen LogP contribution < -0.4 is 14.8 Å². The van der Waals surface area contributed by atoms with Crippen LogP contribution in [0.4, 0.5) is 0 Å². The van der Waals surface area contributed by atoms with Crippen molar-refractivity contribution in [1.29, 1.82) is 0 Å². The van der Waals surface area contributed by atoms with Crippen LogP contribution in [0.3, 0.4) is 0 Å². The molecule has 0 spiro atoms. The summed E-state index contributed by atoms with van der Waals surface area (Å²) >= 11 is 0. The second kappa shape index (κ2) is 9.26. The maximum atomic E-state index is 12.0. The summed E-state index contributed by atoms with van der Waals surface area (Å²) in [5.41, 5.74) is 1.15. The number of benzene rings is 1. The Bertz CT molecular complexity index is 827. The van der Waals surface area contributed by atoms with Gasteiger partial charge in [-0.1, -0.05) is 13.8 Å². The number of hydrogen-bond acceptors (Lipinski definition) is 6. The minimum Gasteiger partial charge on any atom is -0.497 e. The summed E-state index contributed by atoms with van der Waals surface area (Å²) in [6.07, 6.45) is 0.818. The number of carbonyl (C=O) groups is 1. The molecule has 0 aliphatic carbocycles. The first-order chi connectivity index (χ1) is 13.9. The van der Waals surface area contributed by atoms with E-state index in [-0.39, 0.29) is 17.9 Å². The summed E-state index contributed by atoms with van der Waals surface area (Å²) in [4.78, 5) is 14.4. The number of amides is 1. The predicted octanol–water partition coefficient (Wildman–Crippen LogP) is 2.19. The zero-order valence-corrected chi connectivity index (χ0v) is 17.9. The Labute approximate surface area is 172 Å². The van der Waals surface area contributed by atoms with E-state index in [1.807, 2.05) is 39.0 Å². The van der Waals surface area contributed by atoms with Crippen LogP contribution in [0.1, 0.15) is 44.0 Å². The molecule has 1 aromatic heterocycles. The van der Waals surface area contributed by atoms with E-state index in [0.29, 0.717) is 0 Å². The summed E-state index contributed by atoms with van der Waals surface area (Å²) in [6, 6.07) is 5.80. The molecule has 29 heavy (non-hydrogen) atoms. The molecule has 0 radical (unpaired) electrons. The Morgan fingerprint density at radius 3 is 2.38 bits per heavy atom. The standard InChI is InChI=1S/C21H31N5O3/c1-14(2)21(27)22-15(3)20-24-23-19-6-7-25(8-9-26(19)20)13-16-10-17(28-4)12-18(11-16)29-5/h10-12,14-15H,6-9,13H2,1-5H3,(H,22,27)/t15-/m0/s1. The molecule has 1 amide bonds. The van der Waals surface area contributed by atoms with Crippen LogP contribution in [0.2, 0.25) is 0 Å². The fourth-order valence-electron chi connectivity index (χ4n) is 3.53. The van der Waals surface area contributed by atoms with E-state index in [4.69, 9.17) is 9.47 Å². The van der Waals surface area contributed by atoms with E-state index < -0.39 is 0 Å². The van der Waals surface area contributed by atoms with E-state index in [0.717, 1.165) is 61.3 Å². The molecule has 0 fully saturated rings. The predicted molar refractivity (Wildman–Crippen MR) is 110 cm³/mol. The van der Waals surface area contributed by atoms with Gasteiger partial charge in [0, 0.05) is 44.6 Å². The highest BCUT2D eigenvalue weighted by atomic mass is 16.5. The second-order valence-corrected chi connectivity index (χ2v) is 7.76. The molecular weight excluding hydrogens is 370 g/mol. The lowest BCUT2D eigenvalue weighted by molar-refractivity contribution is -0.124. The second-order valence-electron chi connectivity index (χ2n) is 7.76. The van der Waals surface area contributed by atoms with Crippen molar-refractivity contribution in [3.05, 3.63) is 35.4 Å². The van der Waals surface area contributed by atoms with Gasteiger partial charge in [-0.2, -0.15) is 0 Å². The van der Waals surface area contributed by atoms with Crippen molar-refractivity contribution < 1.29 is 14.3 Å². The average Bonchev–Trinajstić information content (AvgIpc) is 3.02. The van der Waals surface area contributed by atoms with Gasteiger partial charge < -0.3 is 19.4 Å². The van der Waals surface area contributed by atoms with Crippen LogP contribution in [0.15, 0.2) is 18.2 Å². The normalized spacial score (nSPS) is 15.5. The number of nitrogens with one attached hydrogen (secondary N) is 1. The molecule has 8 heteroatoms. The average molecular weight is 402 g/mol. The molecular formula is C21H31N5O3. The summed E-state index contributed by atoms with van der Waals surface area (Å²) in [5, 5.41) is 11.8. The third-order valence-electron chi connectivity index (χ3n) is 5.24. The molecule has 1 atom stereocenters. The largest absolute Gasteiger partial charge is 0.497 e. The van der Waals surface area contributed by atoms with E-state index >= 15 is 0 Å². The van der Waals surface area contributed by atoms with Gasteiger partial charge >= 0.3 is 0 Å². The minimum absolute atomic E-state index is 0.0251. The van der Waals surface area contributed by atoms with Gasteiger partial charge in [-0.3, -0.25) is 9.69 Å². The van der Waals surface area contributed by atoms with Gasteiger partial charge in [-0.05, 0) is 24.6 Å². The number of aromatic nitrogens is 3. The van der Waals surface area contributed by atoms with Gasteiger partial charge in [-0.25, -0.2) is 0 Å². The number of rotatable bonds is 7. The van der Waals surface area contributed by atoms with Gasteiger partial charge in [-0.15, -0.1) is 10.2 Å². The van der Waals surface area contributed by atoms with Crippen LogP contribution >= 0.6 is 0 Å². The van der Waals surface area contributed by atoms with Gasteiger partial charge in [0.15, 0.2) is 5.82 Å². The van der Waals surface area contributed by atoms with Crippen LogP contribution in [0.25, 0.3) is 0 Å².